The summed E-state index contributed by atoms with van der Waals surface area (Å²) in [6.07, 6.45) is -3.86. The lowest BCUT2D eigenvalue weighted by Gasteiger charge is -2.19. The van der Waals surface area contributed by atoms with Crippen LogP contribution in [0.15, 0.2) is 6.20 Å². The lowest BCUT2D eigenvalue weighted by molar-refractivity contribution is -0.142. The molecule has 0 aromatic carbocycles. The van der Waals surface area contributed by atoms with Gasteiger partial charge in [-0.25, -0.2) is 14.8 Å². The lowest BCUT2D eigenvalue weighted by Crippen LogP contribution is -2.23. The maximum absolute atomic E-state index is 12.9. The van der Waals surface area contributed by atoms with Crippen LogP contribution >= 0.6 is 0 Å². The van der Waals surface area contributed by atoms with Crippen molar-refractivity contribution in [3.05, 3.63) is 23.3 Å². The second-order valence-electron chi connectivity index (χ2n) is 4.92. The van der Waals surface area contributed by atoms with Crippen LogP contribution in [0.25, 0.3) is 0 Å². The van der Waals surface area contributed by atoms with Crippen LogP contribution in [0, 0.1) is 0 Å². The van der Waals surface area contributed by atoms with Crippen LogP contribution < -0.4 is 0 Å². The maximum Gasteiger partial charge on any atom is 0.434 e. The third-order valence-corrected chi connectivity index (χ3v) is 2.22. The van der Waals surface area contributed by atoms with Gasteiger partial charge in [0, 0.05) is 11.6 Å². The summed E-state index contributed by atoms with van der Waals surface area (Å²) in [7, 11) is 0. The molecule has 0 spiro atoms. The van der Waals surface area contributed by atoms with Crippen LogP contribution in [0.1, 0.15) is 49.6 Å². The van der Waals surface area contributed by atoms with E-state index in [1.807, 2.05) is 0 Å². The van der Waals surface area contributed by atoms with Gasteiger partial charge in [0.05, 0.1) is 6.61 Å². The average molecular weight is 276 g/mol. The topological polar surface area (TPSA) is 52.1 Å². The van der Waals surface area contributed by atoms with Gasteiger partial charge in [0.1, 0.15) is 11.4 Å². The summed E-state index contributed by atoms with van der Waals surface area (Å²) in [5.41, 5.74) is -2.57. The smallest absolute Gasteiger partial charge is 0.434 e. The van der Waals surface area contributed by atoms with Gasteiger partial charge in [-0.3, -0.25) is 0 Å². The van der Waals surface area contributed by atoms with Crippen molar-refractivity contribution in [3.63, 3.8) is 0 Å². The van der Waals surface area contributed by atoms with Gasteiger partial charge in [0.25, 0.3) is 0 Å². The number of rotatable bonds is 2. The van der Waals surface area contributed by atoms with Gasteiger partial charge in [-0.15, -0.1) is 0 Å². The highest BCUT2D eigenvalue weighted by atomic mass is 19.4. The molecule has 0 amide bonds. The van der Waals surface area contributed by atoms with Gasteiger partial charge in [-0.2, -0.15) is 13.2 Å². The number of nitrogens with zero attached hydrogens (tertiary/aromatic N) is 2. The van der Waals surface area contributed by atoms with Crippen LogP contribution in [0.3, 0.4) is 0 Å². The zero-order valence-electron chi connectivity index (χ0n) is 11.1. The molecular formula is C12H15F3N2O2. The van der Waals surface area contributed by atoms with Crippen LogP contribution in [-0.4, -0.2) is 22.5 Å². The molecule has 19 heavy (non-hydrogen) atoms. The highest BCUT2D eigenvalue weighted by Gasteiger charge is 2.39. The number of carbonyl (C=O) groups is 1. The Kier molecular flexibility index (Phi) is 4.17. The third kappa shape index (κ3) is 3.65. The van der Waals surface area contributed by atoms with Crippen molar-refractivity contribution in [3.8, 4) is 0 Å². The van der Waals surface area contributed by atoms with Crippen LogP contribution in [-0.2, 0) is 16.3 Å². The second kappa shape index (κ2) is 5.14. The van der Waals surface area contributed by atoms with Crippen molar-refractivity contribution in [1.82, 2.24) is 9.97 Å². The van der Waals surface area contributed by atoms with E-state index in [0.29, 0.717) is 0 Å². The van der Waals surface area contributed by atoms with Gasteiger partial charge < -0.3 is 4.74 Å². The van der Waals surface area contributed by atoms with E-state index >= 15 is 0 Å². The number of carbonyl (C=O) groups excluding carboxylic acids is 1. The first-order valence-corrected chi connectivity index (χ1v) is 5.69. The Bertz CT molecular complexity index is 479. The Labute approximate surface area is 109 Å². The molecule has 1 rings (SSSR count). The first-order chi connectivity index (χ1) is 8.57. The highest BCUT2D eigenvalue weighted by molar-refractivity contribution is 5.90. The van der Waals surface area contributed by atoms with Crippen molar-refractivity contribution in [2.75, 3.05) is 6.61 Å². The maximum atomic E-state index is 12.9. The van der Waals surface area contributed by atoms with E-state index in [0.717, 1.165) is 6.20 Å². The SMILES string of the molecule is CCOC(=O)c1cnc(C(C)(C)C)nc1C(F)(F)F. The van der Waals surface area contributed by atoms with Crippen LogP contribution in [0.2, 0.25) is 0 Å². The van der Waals surface area contributed by atoms with Crippen molar-refractivity contribution < 1.29 is 22.7 Å². The fraction of sp³-hybridized carbons (Fsp3) is 0.583. The van der Waals surface area contributed by atoms with Crippen molar-refractivity contribution in [1.29, 1.82) is 0 Å². The Hall–Kier alpha value is -1.66. The standard InChI is InChI=1S/C12H15F3N2O2/c1-5-19-9(18)7-6-16-10(11(2,3)4)17-8(7)12(13,14)15/h6H,5H2,1-4H3. The molecule has 106 valence electrons. The minimum atomic E-state index is -4.73. The molecule has 0 radical (unpaired) electrons. The van der Waals surface area contributed by atoms with E-state index in [1.165, 1.54) is 6.92 Å². The van der Waals surface area contributed by atoms with E-state index in [9.17, 15) is 18.0 Å². The normalized spacial score (nSPS) is 12.4. The first kappa shape index (κ1) is 15.4. The zero-order chi connectivity index (χ0) is 14.8. The molecule has 0 N–H and O–H groups in total. The Balaban J connectivity index is 3.38. The average Bonchev–Trinajstić information content (AvgIpc) is 2.26. The third-order valence-electron chi connectivity index (χ3n) is 2.22. The molecule has 0 fully saturated rings. The molecule has 0 atom stereocenters. The van der Waals surface area contributed by atoms with Crippen LogP contribution in [0.5, 0.6) is 0 Å². The number of hydrogen-bond donors (Lipinski definition) is 0. The number of alkyl halides is 3. The first-order valence-electron chi connectivity index (χ1n) is 5.69. The summed E-state index contributed by atoms with van der Waals surface area (Å²) in [6.45, 7) is 6.55. The van der Waals surface area contributed by atoms with Gasteiger partial charge in [0.15, 0.2) is 5.69 Å². The van der Waals surface area contributed by atoms with Gasteiger partial charge >= 0.3 is 12.1 Å². The van der Waals surface area contributed by atoms with E-state index < -0.39 is 28.8 Å². The Morgan fingerprint density at radius 2 is 1.89 bits per heavy atom. The summed E-state index contributed by atoms with van der Waals surface area (Å²) in [4.78, 5) is 18.8. The number of ether oxygens (including phenoxy) is 1. The molecule has 0 bridgehead atoms. The van der Waals surface area contributed by atoms with E-state index in [4.69, 9.17) is 0 Å². The quantitative estimate of drug-likeness (QED) is 0.779. The molecule has 0 aliphatic rings. The summed E-state index contributed by atoms with van der Waals surface area (Å²) in [5, 5.41) is 0. The van der Waals surface area contributed by atoms with Gasteiger partial charge in [-0.05, 0) is 6.92 Å². The molecule has 0 aliphatic heterocycles. The van der Waals surface area contributed by atoms with Crippen molar-refractivity contribution >= 4 is 5.97 Å². The van der Waals surface area contributed by atoms with E-state index in [2.05, 4.69) is 14.7 Å². The predicted molar refractivity (Wildman–Crippen MR) is 61.7 cm³/mol. The molecule has 0 unspecified atom stereocenters. The molecule has 1 heterocycles. The number of aromatic nitrogens is 2. The minimum Gasteiger partial charge on any atom is -0.462 e. The molecule has 1 aromatic rings. The summed E-state index contributed by atoms with van der Waals surface area (Å²) >= 11 is 0. The number of hydrogen-bond acceptors (Lipinski definition) is 4. The summed E-state index contributed by atoms with van der Waals surface area (Å²) < 4.78 is 43.3. The highest BCUT2D eigenvalue weighted by Crippen LogP contribution is 2.32. The molecule has 0 saturated carbocycles. The Morgan fingerprint density at radius 3 is 2.32 bits per heavy atom. The molecule has 1 aromatic heterocycles. The lowest BCUT2D eigenvalue weighted by atomic mass is 9.95. The second-order valence-corrected chi connectivity index (χ2v) is 4.92. The molecular weight excluding hydrogens is 261 g/mol. The number of esters is 1. The molecule has 0 saturated heterocycles. The van der Waals surface area contributed by atoms with Crippen molar-refractivity contribution in [2.24, 2.45) is 0 Å². The fourth-order valence-corrected chi connectivity index (χ4v) is 1.32. The van der Waals surface area contributed by atoms with E-state index in [-0.39, 0.29) is 12.4 Å². The molecule has 0 aliphatic carbocycles. The predicted octanol–water partition coefficient (Wildman–Crippen LogP) is 2.97. The largest absolute Gasteiger partial charge is 0.462 e. The summed E-state index contributed by atoms with van der Waals surface area (Å²) in [5.74, 6) is -1.05. The van der Waals surface area contributed by atoms with Gasteiger partial charge in [0.2, 0.25) is 0 Å². The Morgan fingerprint density at radius 1 is 1.32 bits per heavy atom. The zero-order valence-corrected chi connectivity index (χ0v) is 11.1. The number of halogens is 3. The minimum absolute atomic E-state index is 0.0167. The molecule has 7 heteroatoms. The van der Waals surface area contributed by atoms with Crippen LogP contribution in [0.4, 0.5) is 13.2 Å². The van der Waals surface area contributed by atoms with Gasteiger partial charge in [-0.1, -0.05) is 20.8 Å². The fourth-order valence-electron chi connectivity index (χ4n) is 1.32. The van der Waals surface area contributed by atoms with Crippen molar-refractivity contribution in [2.45, 2.75) is 39.3 Å². The monoisotopic (exact) mass is 276 g/mol. The molecule has 4 nitrogen and oxygen atoms in total. The van der Waals surface area contributed by atoms with E-state index in [1.54, 1.807) is 20.8 Å². The summed E-state index contributed by atoms with van der Waals surface area (Å²) in [6, 6.07) is 0.